The molecule has 0 amide bonds. The molecule has 0 aromatic heterocycles. The maximum Gasteiger partial charge on any atom is 0.138 e. The van der Waals surface area contributed by atoms with Crippen molar-refractivity contribution in [3.63, 3.8) is 0 Å². The average molecular weight is 238 g/mol. The van der Waals surface area contributed by atoms with E-state index in [1.54, 1.807) is 7.11 Å². The smallest absolute Gasteiger partial charge is 0.138 e. The van der Waals surface area contributed by atoms with Crippen LogP contribution in [0.3, 0.4) is 0 Å². The molecular formula is C16H14O2. The third-order valence-electron chi connectivity index (χ3n) is 3.20. The Morgan fingerprint density at radius 3 is 2.39 bits per heavy atom. The van der Waals surface area contributed by atoms with E-state index in [-0.39, 0.29) is 0 Å². The Labute approximate surface area is 106 Å². The van der Waals surface area contributed by atoms with Gasteiger partial charge in [-0.05, 0) is 36.3 Å². The van der Waals surface area contributed by atoms with Crippen LogP contribution >= 0.6 is 0 Å². The van der Waals surface area contributed by atoms with Gasteiger partial charge in [0.25, 0.3) is 0 Å². The van der Waals surface area contributed by atoms with Gasteiger partial charge < -0.3 is 9.47 Å². The summed E-state index contributed by atoms with van der Waals surface area (Å²) in [4.78, 5) is 0. The summed E-state index contributed by atoms with van der Waals surface area (Å²) in [6.07, 6.45) is 0. The summed E-state index contributed by atoms with van der Waals surface area (Å²) in [6, 6.07) is 12.0. The summed E-state index contributed by atoms with van der Waals surface area (Å²) in [7, 11) is 1.65. The zero-order chi connectivity index (χ0) is 12.7. The van der Waals surface area contributed by atoms with Crippen molar-refractivity contribution in [2.45, 2.75) is 6.92 Å². The Morgan fingerprint density at radius 1 is 1.00 bits per heavy atom. The van der Waals surface area contributed by atoms with E-state index in [2.05, 4.69) is 18.7 Å². The molecule has 2 aromatic carbocycles. The minimum Gasteiger partial charge on any atom is -0.497 e. The van der Waals surface area contributed by atoms with Gasteiger partial charge in [0.05, 0.1) is 7.11 Å². The molecule has 1 aliphatic heterocycles. The molecule has 3 rings (SSSR count). The van der Waals surface area contributed by atoms with Crippen molar-refractivity contribution in [2.24, 2.45) is 0 Å². The Bertz CT molecular complexity index is 642. The first-order valence-electron chi connectivity index (χ1n) is 5.85. The van der Waals surface area contributed by atoms with Crippen molar-refractivity contribution in [3.05, 3.63) is 59.7 Å². The zero-order valence-electron chi connectivity index (χ0n) is 10.5. The summed E-state index contributed by atoms with van der Waals surface area (Å²) in [5.74, 6) is 2.45. The normalized spacial score (nSPS) is 12.4. The zero-order valence-corrected chi connectivity index (χ0v) is 10.5. The van der Waals surface area contributed by atoms with Gasteiger partial charge in [0.15, 0.2) is 0 Å². The molecule has 0 radical (unpaired) electrons. The van der Waals surface area contributed by atoms with Crippen LogP contribution in [0.25, 0.3) is 5.57 Å². The number of hydrogen-bond donors (Lipinski definition) is 0. The van der Waals surface area contributed by atoms with Crippen molar-refractivity contribution in [2.75, 3.05) is 7.11 Å². The second kappa shape index (κ2) is 3.91. The first-order chi connectivity index (χ1) is 8.69. The van der Waals surface area contributed by atoms with E-state index in [1.807, 2.05) is 31.2 Å². The van der Waals surface area contributed by atoms with E-state index in [1.165, 1.54) is 5.56 Å². The van der Waals surface area contributed by atoms with Gasteiger partial charge in [-0.3, -0.25) is 0 Å². The predicted molar refractivity (Wildman–Crippen MR) is 72.4 cm³/mol. The summed E-state index contributed by atoms with van der Waals surface area (Å²) in [5.41, 5.74) is 4.24. The lowest BCUT2D eigenvalue weighted by Gasteiger charge is -2.23. The van der Waals surface area contributed by atoms with E-state index in [0.717, 1.165) is 33.9 Å². The maximum absolute atomic E-state index is 5.93. The topological polar surface area (TPSA) is 18.5 Å². The second-order valence-corrected chi connectivity index (χ2v) is 4.44. The first kappa shape index (κ1) is 10.9. The highest BCUT2D eigenvalue weighted by molar-refractivity contribution is 5.87. The molecule has 0 fully saturated rings. The Hall–Kier alpha value is -2.22. The molecule has 1 aliphatic rings. The summed E-state index contributed by atoms with van der Waals surface area (Å²) in [5, 5.41) is 0. The van der Waals surface area contributed by atoms with Crippen molar-refractivity contribution in [1.29, 1.82) is 0 Å². The van der Waals surface area contributed by atoms with Gasteiger partial charge in [-0.2, -0.15) is 0 Å². The van der Waals surface area contributed by atoms with Crippen LogP contribution in [0.2, 0.25) is 0 Å². The van der Waals surface area contributed by atoms with E-state index in [0.29, 0.717) is 0 Å². The maximum atomic E-state index is 5.93. The predicted octanol–water partition coefficient (Wildman–Crippen LogP) is 4.17. The van der Waals surface area contributed by atoms with Crippen LogP contribution in [-0.4, -0.2) is 7.11 Å². The molecule has 1 heterocycles. The lowest BCUT2D eigenvalue weighted by molar-refractivity contribution is 0.408. The highest BCUT2D eigenvalue weighted by Gasteiger charge is 2.20. The van der Waals surface area contributed by atoms with Crippen LogP contribution in [0.5, 0.6) is 17.2 Å². The molecular weight excluding hydrogens is 224 g/mol. The fourth-order valence-corrected chi connectivity index (χ4v) is 2.19. The molecule has 0 saturated carbocycles. The van der Waals surface area contributed by atoms with E-state index in [4.69, 9.17) is 9.47 Å². The van der Waals surface area contributed by atoms with E-state index in [9.17, 15) is 0 Å². The molecule has 2 nitrogen and oxygen atoms in total. The number of fused-ring (bicyclic) bond motifs is 2. The standard InChI is InChI=1S/C16H14O2/c1-10-4-6-13-11(2)14-7-5-12(17-3)9-16(14)18-15(13)8-10/h4-9H,2H2,1,3H3. The Kier molecular flexibility index (Phi) is 2.37. The first-order valence-corrected chi connectivity index (χ1v) is 5.85. The number of methoxy groups -OCH3 is 1. The highest BCUT2D eigenvalue weighted by atomic mass is 16.5. The van der Waals surface area contributed by atoms with Gasteiger partial charge in [-0.25, -0.2) is 0 Å². The van der Waals surface area contributed by atoms with Gasteiger partial charge in [0, 0.05) is 17.2 Å². The molecule has 0 unspecified atom stereocenters. The van der Waals surface area contributed by atoms with Gasteiger partial charge in [-0.15, -0.1) is 0 Å². The SMILES string of the molecule is C=C1c2ccc(C)cc2Oc2cc(OC)ccc21. The van der Waals surface area contributed by atoms with Gasteiger partial charge in [-0.1, -0.05) is 18.7 Å². The van der Waals surface area contributed by atoms with Crippen LogP contribution in [-0.2, 0) is 0 Å². The minimum atomic E-state index is 0.789. The lowest BCUT2D eigenvalue weighted by Crippen LogP contribution is -2.02. The summed E-state index contributed by atoms with van der Waals surface area (Å²) in [6.45, 7) is 6.21. The molecule has 0 aliphatic carbocycles. The largest absolute Gasteiger partial charge is 0.497 e. The number of rotatable bonds is 1. The fourth-order valence-electron chi connectivity index (χ4n) is 2.19. The van der Waals surface area contributed by atoms with Crippen LogP contribution in [0, 0.1) is 6.92 Å². The van der Waals surface area contributed by atoms with Crippen molar-refractivity contribution in [1.82, 2.24) is 0 Å². The number of aryl methyl sites for hydroxylation is 1. The number of ether oxygens (including phenoxy) is 2. The number of hydrogen-bond acceptors (Lipinski definition) is 2. The molecule has 0 spiro atoms. The van der Waals surface area contributed by atoms with Crippen LogP contribution < -0.4 is 9.47 Å². The molecule has 2 aromatic rings. The van der Waals surface area contributed by atoms with Crippen molar-refractivity contribution < 1.29 is 9.47 Å². The van der Waals surface area contributed by atoms with Crippen molar-refractivity contribution >= 4 is 5.57 Å². The van der Waals surface area contributed by atoms with Crippen LogP contribution in [0.1, 0.15) is 16.7 Å². The van der Waals surface area contributed by atoms with Crippen LogP contribution in [0.4, 0.5) is 0 Å². The van der Waals surface area contributed by atoms with Gasteiger partial charge in [0.1, 0.15) is 17.2 Å². The third-order valence-corrected chi connectivity index (χ3v) is 3.20. The summed E-state index contributed by atoms with van der Waals surface area (Å²) < 4.78 is 11.1. The Balaban J connectivity index is 2.15. The number of benzene rings is 2. The average Bonchev–Trinajstić information content (AvgIpc) is 2.38. The molecule has 90 valence electrons. The van der Waals surface area contributed by atoms with Crippen LogP contribution in [0.15, 0.2) is 43.0 Å². The van der Waals surface area contributed by atoms with Gasteiger partial charge >= 0.3 is 0 Å². The minimum absolute atomic E-state index is 0.789. The molecule has 0 bridgehead atoms. The molecule has 2 heteroatoms. The van der Waals surface area contributed by atoms with Gasteiger partial charge in [0.2, 0.25) is 0 Å². The lowest BCUT2D eigenvalue weighted by atomic mass is 9.94. The molecule has 0 saturated heterocycles. The fraction of sp³-hybridized carbons (Fsp3) is 0.125. The monoisotopic (exact) mass is 238 g/mol. The third kappa shape index (κ3) is 1.58. The van der Waals surface area contributed by atoms with E-state index < -0.39 is 0 Å². The highest BCUT2D eigenvalue weighted by Crippen LogP contribution is 2.44. The molecule has 0 atom stereocenters. The quantitative estimate of drug-likeness (QED) is 0.633. The summed E-state index contributed by atoms with van der Waals surface area (Å²) >= 11 is 0. The van der Waals surface area contributed by atoms with E-state index >= 15 is 0 Å². The molecule has 18 heavy (non-hydrogen) atoms. The molecule has 0 N–H and O–H groups in total. The Morgan fingerprint density at radius 2 is 1.67 bits per heavy atom. The second-order valence-electron chi connectivity index (χ2n) is 4.44. The van der Waals surface area contributed by atoms with Crippen molar-refractivity contribution in [3.8, 4) is 17.2 Å².